The zero-order chi connectivity index (χ0) is 14.0. The van der Waals surface area contributed by atoms with E-state index in [0.29, 0.717) is 35.5 Å². The molecule has 0 radical (unpaired) electrons. The Balaban J connectivity index is 2.21. The summed E-state index contributed by atoms with van der Waals surface area (Å²) in [5.74, 6) is 6.25. The molecule has 1 aromatic rings. The Morgan fingerprint density at radius 3 is 2.37 bits per heavy atom. The van der Waals surface area contributed by atoms with E-state index in [9.17, 15) is 8.42 Å². The van der Waals surface area contributed by atoms with Crippen LogP contribution in [0.5, 0.6) is 0 Å². The van der Waals surface area contributed by atoms with E-state index in [0.717, 1.165) is 6.42 Å². The normalized spacial score (nSPS) is 25.2. The van der Waals surface area contributed by atoms with Crippen molar-refractivity contribution in [2.24, 2.45) is 17.7 Å². The molecular weight excluding hydrogens is 262 g/mol. The lowest BCUT2D eigenvalue weighted by Gasteiger charge is -2.34. The highest BCUT2D eigenvalue weighted by Crippen LogP contribution is 2.27. The first-order valence-corrected chi connectivity index (χ1v) is 7.96. The molecule has 2 atom stereocenters. The lowest BCUT2D eigenvalue weighted by molar-refractivity contribution is 0.212. The van der Waals surface area contributed by atoms with Crippen molar-refractivity contribution in [1.82, 2.24) is 4.31 Å². The van der Waals surface area contributed by atoms with Crippen LogP contribution in [-0.2, 0) is 10.0 Å². The molecule has 0 aromatic heterocycles. The molecule has 1 heterocycles. The van der Waals surface area contributed by atoms with Crippen LogP contribution in [0.15, 0.2) is 29.2 Å². The van der Waals surface area contributed by atoms with Crippen LogP contribution >= 0.6 is 0 Å². The van der Waals surface area contributed by atoms with Gasteiger partial charge in [-0.25, -0.2) is 8.42 Å². The number of nitrogens with one attached hydrogen (secondary N) is 1. The number of anilines is 1. The predicted octanol–water partition coefficient (Wildman–Crippen LogP) is 1.64. The summed E-state index contributed by atoms with van der Waals surface area (Å²) in [6, 6.07) is 6.52. The molecule has 1 saturated heterocycles. The van der Waals surface area contributed by atoms with Gasteiger partial charge in [0.05, 0.1) is 4.90 Å². The average Bonchev–Trinajstić information content (AvgIpc) is 2.41. The Morgan fingerprint density at radius 1 is 1.21 bits per heavy atom. The molecule has 1 aliphatic rings. The molecule has 0 bridgehead atoms. The molecule has 0 saturated carbocycles. The van der Waals surface area contributed by atoms with Gasteiger partial charge in [0.15, 0.2) is 0 Å². The Kier molecular flexibility index (Phi) is 4.13. The summed E-state index contributed by atoms with van der Waals surface area (Å²) in [6.45, 7) is 5.48. The van der Waals surface area contributed by atoms with Gasteiger partial charge in [0.25, 0.3) is 0 Å². The van der Waals surface area contributed by atoms with Crippen LogP contribution in [0.3, 0.4) is 0 Å². The summed E-state index contributed by atoms with van der Waals surface area (Å²) in [6.07, 6.45) is 0.919. The Morgan fingerprint density at radius 2 is 1.84 bits per heavy atom. The maximum Gasteiger partial charge on any atom is 0.243 e. The largest absolute Gasteiger partial charge is 0.324 e. The van der Waals surface area contributed by atoms with E-state index in [1.807, 2.05) is 0 Å². The third kappa shape index (κ3) is 2.91. The van der Waals surface area contributed by atoms with Gasteiger partial charge in [0, 0.05) is 18.8 Å². The second kappa shape index (κ2) is 5.48. The first-order valence-electron chi connectivity index (χ1n) is 6.52. The van der Waals surface area contributed by atoms with Crippen molar-refractivity contribution >= 4 is 15.7 Å². The first kappa shape index (κ1) is 14.3. The van der Waals surface area contributed by atoms with E-state index >= 15 is 0 Å². The Labute approximate surface area is 114 Å². The summed E-state index contributed by atoms with van der Waals surface area (Å²) in [5.41, 5.74) is 3.18. The van der Waals surface area contributed by atoms with Gasteiger partial charge in [-0.05, 0) is 42.5 Å². The fourth-order valence-corrected chi connectivity index (χ4v) is 3.87. The molecule has 1 aromatic carbocycles. The van der Waals surface area contributed by atoms with Gasteiger partial charge < -0.3 is 5.43 Å². The zero-order valence-electron chi connectivity index (χ0n) is 11.3. The van der Waals surface area contributed by atoms with Crippen LogP contribution in [-0.4, -0.2) is 25.8 Å². The lowest BCUT2D eigenvalue weighted by Crippen LogP contribution is -2.42. The van der Waals surface area contributed by atoms with Crippen molar-refractivity contribution < 1.29 is 8.42 Å². The molecule has 1 aliphatic heterocycles. The minimum atomic E-state index is -3.38. The monoisotopic (exact) mass is 283 g/mol. The number of nitrogen functional groups attached to an aromatic ring is 1. The van der Waals surface area contributed by atoms with Gasteiger partial charge in [0.2, 0.25) is 10.0 Å². The number of hydrazine groups is 1. The van der Waals surface area contributed by atoms with Gasteiger partial charge in [-0.15, -0.1) is 0 Å². The van der Waals surface area contributed by atoms with Crippen molar-refractivity contribution in [3.63, 3.8) is 0 Å². The van der Waals surface area contributed by atoms with Crippen LogP contribution in [0, 0.1) is 11.8 Å². The Bertz CT molecular complexity index is 527. The molecule has 2 unspecified atom stereocenters. The molecule has 0 spiro atoms. The second-order valence-electron chi connectivity index (χ2n) is 5.28. The molecule has 6 heteroatoms. The number of hydrogen-bond donors (Lipinski definition) is 2. The Hall–Kier alpha value is -1.11. The quantitative estimate of drug-likeness (QED) is 0.653. The molecule has 0 aliphatic carbocycles. The average molecular weight is 283 g/mol. The maximum atomic E-state index is 12.5. The van der Waals surface area contributed by atoms with E-state index in [4.69, 9.17) is 5.84 Å². The fraction of sp³-hybridized carbons (Fsp3) is 0.538. The number of nitrogens with two attached hydrogens (primary N) is 1. The highest BCUT2D eigenvalue weighted by Gasteiger charge is 2.31. The SMILES string of the molecule is CC1CCN(S(=O)(=O)c2ccc(NN)cc2)CC1C. The van der Waals surface area contributed by atoms with Crippen molar-refractivity contribution in [1.29, 1.82) is 0 Å². The smallest absolute Gasteiger partial charge is 0.243 e. The lowest BCUT2D eigenvalue weighted by atomic mass is 9.90. The van der Waals surface area contributed by atoms with Crippen molar-refractivity contribution in [3.8, 4) is 0 Å². The molecule has 106 valence electrons. The maximum absolute atomic E-state index is 12.5. The summed E-state index contributed by atoms with van der Waals surface area (Å²) in [7, 11) is -3.38. The number of piperidine rings is 1. The molecule has 2 rings (SSSR count). The topological polar surface area (TPSA) is 75.4 Å². The minimum absolute atomic E-state index is 0.327. The van der Waals surface area contributed by atoms with Crippen LogP contribution < -0.4 is 11.3 Å². The third-order valence-electron chi connectivity index (χ3n) is 3.96. The van der Waals surface area contributed by atoms with Crippen LogP contribution in [0.2, 0.25) is 0 Å². The van der Waals surface area contributed by atoms with E-state index in [1.54, 1.807) is 28.6 Å². The number of hydrogen-bond acceptors (Lipinski definition) is 4. The van der Waals surface area contributed by atoms with Crippen LogP contribution in [0.25, 0.3) is 0 Å². The summed E-state index contributed by atoms with van der Waals surface area (Å²) >= 11 is 0. The third-order valence-corrected chi connectivity index (χ3v) is 5.83. The van der Waals surface area contributed by atoms with Gasteiger partial charge in [-0.1, -0.05) is 13.8 Å². The van der Waals surface area contributed by atoms with Crippen LogP contribution in [0.4, 0.5) is 5.69 Å². The second-order valence-corrected chi connectivity index (χ2v) is 7.21. The minimum Gasteiger partial charge on any atom is -0.324 e. The molecule has 0 amide bonds. The van der Waals surface area contributed by atoms with E-state index in [-0.39, 0.29) is 0 Å². The molecule has 3 N–H and O–H groups in total. The van der Waals surface area contributed by atoms with E-state index < -0.39 is 10.0 Å². The van der Waals surface area contributed by atoms with Crippen molar-refractivity contribution in [3.05, 3.63) is 24.3 Å². The molecule has 1 fully saturated rings. The van der Waals surface area contributed by atoms with Crippen molar-refractivity contribution in [2.75, 3.05) is 18.5 Å². The zero-order valence-corrected chi connectivity index (χ0v) is 12.2. The van der Waals surface area contributed by atoms with Gasteiger partial charge in [0.1, 0.15) is 0 Å². The number of nitrogens with zero attached hydrogens (tertiary/aromatic N) is 1. The number of benzene rings is 1. The van der Waals surface area contributed by atoms with Crippen molar-refractivity contribution in [2.45, 2.75) is 25.2 Å². The predicted molar refractivity (Wildman–Crippen MR) is 76.0 cm³/mol. The highest BCUT2D eigenvalue weighted by molar-refractivity contribution is 7.89. The first-order chi connectivity index (χ1) is 8.95. The highest BCUT2D eigenvalue weighted by atomic mass is 32.2. The number of sulfonamides is 1. The van der Waals surface area contributed by atoms with Crippen LogP contribution in [0.1, 0.15) is 20.3 Å². The summed E-state index contributed by atoms with van der Waals surface area (Å²) in [5, 5.41) is 0. The summed E-state index contributed by atoms with van der Waals surface area (Å²) in [4.78, 5) is 0.327. The van der Waals surface area contributed by atoms with E-state index in [1.165, 1.54) is 0 Å². The van der Waals surface area contributed by atoms with Gasteiger partial charge >= 0.3 is 0 Å². The fourth-order valence-electron chi connectivity index (χ4n) is 2.32. The molecular formula is C13H21N3O2S. The van der Waals surface area contributed by atoms with Gasteiger partial charge in [-0.2, -0.15) is 4.31 Å². The molecule has 19 heavy (non-hydrogen) atoms. The summed E-state index contributed by atoms with van der Waals surface area (Å²) < 4.78 is 26.6. The standard InChI is InChI=1S/C13H21N3O2S/c1-10-7-8-16(9-11(10)2)19(17,18)13-5-3-12(15-14)4-6-13/h3-6,10-11,15H,7-9,14H2,1-2H3. The number of rotatable bonds is 3. The molecule has 5 nitrogen and oxygen atoms in total. The van der Waals surface area contributed by atoms with Gasteiger partial charge in [-0.3, -0.25) is 5.84 Å². The van der Waals surface area contributed by atoms with E-state index in [2.05, 4.69) is 19.3 Å².